The van der Waals surface area contributed by atoms with Crippen molar-refractivity contribution in [2.75, 3.05) is 13.2 Å². The highest BCUT2D eigenvalue weighted by Crippen LogP contribution is 2.18. The van der Waals surface area contributed by atoms with Crippen molar-refractivity contribution < 1.29 is 13.2 Å². The van der Waals surface area contributed by atoms with Crippen LogP contribution >= 0.6 is 0 Å². The number of hydrogen-bond donors (Lipinski definition) is 1. The van der Waals surface area contributed by atoms with E-state index in [1.165, 1.54) is 6.08 Å². The molecule has 0 heterocycles. The number of sulfonamides is 1. The van der Waals surface area contributed by atoms with Gasteiger partial charge in [0, 0.05) is 5.41 Å². The molecule has 26 heavy (non-hydrogen) atoms. The summed E-state index contributed by atoms with van der Waals surface area (Å²) in [6.45, 7) is 3.94. The quantitative estimate of drug-likeness (QED) is 0.575. The fraction of sp³-hybridized carbons (Fsp3) is 0.143. The summed E-state index contributed by atoms with van der Waals surface area (Å²) in [5.74, 6) is 6.30. The number of ether oxygens (including phenoxy) is 1. The van der Waals surface area contributed by atoms with Gasteiger partial charge in [0.1, 0.15) is 12.4 Å². The lowest BCUT2D eigenvalue weighted by molar-refractivity contribution is 0.366. The van der Waals surface area contributed by atoms with E-state index in [1.54, 1.807) is 0 Å². The van der Waals surface area contributed by atoms with Crippen molar-refractivity contribution >= 4 is 16.1 Å². The number of allylic oxidation sites excluding steroid dienone is 1. The Kier molecular flexibility index (Phi) is 7.69. The van der Waals surface area contributed by atoms with Crippen LogP contribution in [0.1, 0.15) is 11.1 Å². The van der Waals surface area contributed by atoms with E-state index in [0.29, 0.717) is 0 Å². The maximum absolute atomic E-state index is 11.9. The van der Waals surface area contributed by atoms with Crippen molar-refractivity contribution in [3.63, 3.8) is 0 Å². The molecule has 134 valence electrons. The van der Waals surface area contributed by atoms with Crippen molar-refractivity contribution in [2.45, 2.75) is 6.42 Å². The van der Waals surface area contributed by atoms with Gasteiger partial charge in [-0.15, -0.1) is 6.58 Å². The topological polar surface area (TPSA) is 55.4 Å². The Morgan fingerprint density at radius 3 is 2.54 bits per heavy atom. The molecule has 4 nitrogen and oxygen atoms in total. The molecular weight excluding hydrogens is 346 g/mol. The van der Waals surface area contributed by atoms with Crippen LogP contribution in [-0.4, -0.2) is 21.6 Å². The van der Waals surface area contributed by atoms with Gasteiger partial charge in [0.2, 0.25) is 10.0 Å². The van der Waals surface area contributed by atoms with Crippen LogP contribution < -0.4 is 9.46 Å². The Morgan fingerprint density at radius 1 is 1.04 bits per heavy atom. The summed E-state index contributed by atoms with van der Waals surface area (Å²) < 4.78 is 31.8. The standard InChI is InChI=1S/C21H21NO3S/c1-2-10-20-13-6-7-14-21(20)25-17-9-8-16-22-26(23,24)18-15-19-11-4-3-5-12-19/h2-7,11-15,18,22H,1,10,16-17H2/b18-15+. The molecule has 0 saturated heterocycles. The number of rotatable bonds is 8. The van der Waals surface area contributed by atoms with Crippen LogP contribution in [0.2, 0.25) is 0 Å². The second kappa shape index (κ2) is 10.2. The minimum Gasteiger partial charge on any atom is -0.481 e. The average molecular weight is 367 g/mol. The third kappa shape index (κ3) is 6.98. The predicted molar refractivity (Wildman–Crippen MR) is 106 cm³/mol. The Morgan fingerprint density at radius 2 is 1.77 bits per heavy atom. The summed E-state index contributed by atoms with van der Waals surface area (Å²) in [6, 6.07) is 16.9. The van der Waals surface area contributed by atoms with Crippen LogP contribution in [0.4, 0.5) is 0 Å². The molecule has 0 fully saturated rings. The molecular formula is C21H21NO3S. The first-order chi connectivity index (χ1) is 12.6. The molecule has 0 unspecified atom stereocenters. The summed E-state index contributed by atoms with van der Waals surface area (Å²) in [5, 5.41) is 1.13. The zero-order valence-electron chi connectivity index (χ0n) is 14.4. The number of para-hydroxylation sites is 1. The lowest BCUT2D eigenvalue weighted by Crippen LogP contribution is -2.21. The van der Waals surface area contributed by atoms with Gasteiger partial charge in [-0.2, -0.15) is 4.72 Å². The molecule has 0 aliphatic carbocycles. The van der Waals surface area contributed by atoms with Crippen molar-refractivity contribution in [2.24, 2.45) is 0 Å². The first-order valence-electron chi connectivity index (χ1n) is 8.11. The fourth-order valence-electron chi connectivity index (χ4n) is 2.11. The molecule has 0 saturated carbocycles. The van der Waals surface area contributed by atoms with Gasteiger partial charge in [0.25, 0.3) is 0 Å². The third-order valence-electron chi connectivity index (χ3n) is 3.36. The zero-order valence-corrected chi connectivity index (χ0v) is 15.2. The van der Waals surface area contributed by atoms with E-state index in [-0.39, 0.29) is 13.2 Å². The molecule has 5 heteroatoms. The van der Waals surface area contributed by atoms with Gasteiger partial charge >= 0.3 is 0 Å². The first-order valence-corrected chi connectivity index (χ1v) is 9.65. The smallest absolute Gasteiger partial charge is 0.234 e. The maximum Gasteiger partial charge on any atom is 0.234 e. The fourth-order valence-corrected chi connectivity index (χ4v) is 2.82. The minimum absolute atomic E-state index is 0.0269. The van der Waals surface area contributed by atoms with Crippen LogP contribution in [0.5, 0.6) is 5.75 Å². The Balaban J connectivity index is 1.80. The highest BCUT2D eigenvalue weighted by atomic mass is 32.2. The average Bonchev–Trinajstić information content (AvgIpc) is 2.65. The predicted octanol–water partition coefficient (Wildman–Crippen LogP) is 3.39. The largest absolute Gasteiger partial charge is 0.481 e. The zero-order chi connectivity index (χ0) is 18.7. The first kappa shape index (κ1) is 19.5. The molecule has 0 aliphatic heterocycles. The van der Waals surface area contributed by atoms with Crippen LogP contribution in [-0.2, 0) is 16.4 Å². The minimum atomic E-state index is -3.52. The monoisotopic (exact) mass is 367 g/mol. The highest BCUT2D eigenvalue weighted by molar-refractivity contribution is 7.92. The molecule has 0 aliphatic rings. The van der Waals surface area contributed by atoms with Gasteiger partial charge in [-0.05, 0) is 29.7 Å². The van der Waals surface area contributed by atoms with Crippen molar-refractivity contribution in [3.05, 3.63) is 83.8 Å². The van der Waals surface area contributed by atoms with Crippen LogP contribution in [0.25, 0.3) is 6.08 Å². The summed E-state index contributed by atoms with van der Waals surface area (Å²) in [7, 11) is -3.52. The summed E-state index contributed by atoms with van der Waals surface area (Å²) in [6.07, 6.45) is 4.07. The van der Waals surface area contributed by atoms with Crippen molar-refractivity contribution in [1.82, 2.24) is 4.72 Å². The second-order valence-electron chi connectivity index (χ2n) is 5.32. The molecule has 0 radical (unpaired) electrons. The normalized spacial score (nSPS) is 10.9. The SMILES string of the molecule is C=CCc1ccccc1OCC#CCNS(=O)(=O)/C=C/c1ccccc1. The molecule has 0 atom stereocenters. The lowest BCUT2D eigenvalue weighted by atomic mass is 10.1. The number of nitrogens with one attached hydrogen (secondary N) is 1. The van der Waals surface area contributed by atoms with Gasteiger partial charge < -0.3 is 4.74 Å². The van der Waals surface area contributed by atoms with Gasteiger partial charge in [-0.25, -0.2) is 8.42 Å². The van der Waals surface area contributed by atoms with Crippen molar-refractivity contribution in [1.29, 1.82) is 0 Å². The van der Waals surface area contributed by atoms with Gasteiger partial charge in [-0.3, -0.25) is 0 Å². The van der Waals surface area contributed by atoms with Gasteiger partial charge in [0.15, 0.2) is 0 Å². The number of benzene rings is 2. The molecule has 0 bridgehead atoms. The summed E-state index contributed by atoms with van der Waals surface area (Å²) in [5.41, 5.74) is 1.85. The molecule has 0 aromatic heterocycles. The second-order valence-corrected chi connectivity index (χ2v) is 6.97. The summed E-state index contributed by atoms with van der Waals surface area (Å²) in [4.78, 5) is 0. The van der Waals surface area contributed by atoms with Gasteiger partial charge in [-0.1, -0.05) is 66.4 Å². The van der Waals surface area contributed by atoms with E-state index in [4.69, 9.17) is 4.74 Å². The molecule has 0 spiro atoms. The van der Waals surface area contributed by atoms with E-state index in [2.05, 4.69) is 23.1 Å². The van der Waals surface area contributed by atoms with Crippen LogP contribution in [0.15, 0.2) is 72.7 Å². The van der Waals surface area contributed by atoms with Gasteiger partial charge in [0.05, 0.1) is 6.54 Å². The Hall–Kier alpha value is -2.81. The van der Waals surface area contributed by atoms with E-state index in [0.717, 1.165) is 28.7 Å². The number of hydrogen-bond acceptors (Lipinski definition) is 3. The molecule has 0 amide bonds. The van der Waals surface area contributed by atoms with Crippen LogP contribution in [0, 0.1) is 11.8 Å². The molecule has 2 aromatic carbocycles. The lowest BCUT2D eigenvalue weighted by Gasteiger charge is -2.07. The van der Waals surface area contributed by atoms with E-state index >= 15 is 0 Å². The van der Waals surface area contributed by atoms with E-state index in [1.807, 2.05) is 60.7 Å². The third-order valence-corrected chi connectivity index (χ3v) is 4.40. The van der Waals surface area contributed by atoms with E-state index < -0.39 is 10.0 Å². The summed E-state index contributed by atoms with van der Waals surface area (Å²) >= 11 is 0. The Bertz CT molecular complexity index is 907. The maximum atomic E-state index is 11.9. The molecule has 2 rings (SSSR count). The molecule has 2 aromatic rings. The Labute approximate surface area is 155 Å². The highest BCUT2D eigenvalue weighted by Gasteiger charge is 2.02. The molecule has 1 N–H and O–H groups in total. The van der Waals surface area contributed by atoms with Crippen molar-refractivity contribution in [3.8, 4) is 17.6 Å². The van der Waals surface area contributed by atoms with Crippen LogP contribution in [0.3, 0.4) is 0 Å². The van der Waals surface area contributed by atoms with E-state index in [9.17, 15) is 8.42 Å².